The Morgan fingerprint density at radius 1 is 1.31 bits per heavy atom. The van der Waals surface area contributed by atoms with Crippen LogP contribution in [0.5, 0.6) is 0 Å². The number of nitrogens with two attached hydrogens (primary N) is 1. The number of benzene rings is 1. The molecule has 0 amide bonds. The number of furan rings is 1. The van der Waals surface area contributed by atoms with Crippen molar-refractivity contribution in [1.29, 1.82) is 10.5 Å². The fraction of sp³-hybridized carbons (Fsp3) is 0.292. The summed E-state index contributed by atoms with van der Waals surface area (Å²) in [5, 5.41) is 31.8. The third kappa shape index (κ3) is 3.51. The molecule has 6 atom stereocenters. The van der Waals surface area contributed by atoms with E-state index in [0.717, 1.165) is 5.57 Å². The maximum Gasteiger partial charge on any atom is 0.337 e. The minimum absolute atomic E-state index is 0.0178. The molecular formula is C24H21ClN4O3. The van der Waals surface area contributed by atoms with Gasteiger partial charge in [0.1, 0.15) is 11.5 Å². The van der Waals surface area contributed by atoms with Crippen LogP contribution < -0.4 is 11.1 Å². The van der Waals surface area contributed by atoms with Crippen LogP contribution in [0.25, 0.3) is 17.4 Å². The Bertz CT molecular complexity index is 1220. The maximum absolute atomic E-state index is 11.2. The van der Waals surface area contributed by atoms with Crippen LogP contribution in [0.3, 0.4) is 0 Å². The van der Waals surface area contributed by atoms with Crippen LogP contribution in [0.2, 0.25) is 5.02 Å². The topological polar surface area (TPSA) is 136 Å². The van der Waals surface area contributed by atoms with E-state index in [-0.39, 0.29) is 28.5 Å². The lowest BCUT2D eigenvalue weighted by atomic mass is 9.73. The molecule has 32 heavy (non-hydrogen) atoms. The summed E-state index contributed by atoms with van der Waals surface area (Å²) in [6, 6.07) is 12.6. The largest absolute Gasteiger partial charge is 0.478 e. The van der Waals surface area contributed by atoms with E-state index in [2.05, 4.69) is 24.0 Å². The van der Waals surface area contributed by atoms with Gasteiger partial charge < -0.3 is 15.3 Å². The molecule has 1 aliphatic carbocycles. The average Bonchev–Trinajstić information content (AvgIpc) is 3.31. The fourth-order valence-corrected chi connectivity index (χ4v) is 5.08. The summed E-state index contributed by atoms with van der Waals surface area (Å²) in [7, 11) is 0. The number of piperidine rings is 1. The van der Waals surface area contributed by atoms with Crippen molar-refractivity contribution in [3.8, 4) is 23.5 Å². The van der Waals surface area contributed by atoms with Crippen LogP contribution in [0.15, 0.2) is 52.5 Å². The number of rotatable bonds is 3. The van der Waals surface area contributed by atoms with E-state index in [1.807, 2.05) is 13.0 Å². The molecule has 1 aromatic heterocycles. The van der Waals surface area contributed by atoms with Crippen LogP contribution >= 0.6 is 11.6 Å². The van der Waals surface area contributed by atoms with Crippen molar-refractivity contribution < 1.29 is 14.3 Å². The van der Waals surface area contributed by atoms with Gasteiger partial charge in [-0.3, -0.25) is 5.32 Å². The molecule has 1 aromatic carbocycles. The van der Waals surface area contributed by atoms with Crippen molar-refractivity contribution >= 4 is 23.6 Å². The van der Waals surface area contributed by atoms with Gasteiger partial charge >= 0.3 is 5.97 Å². The number of fused-ring (bicyclic) bond motifs is 1. The van der Waals surface area contributed by atoms with Crippen molar-refractivity contribution in [2.24, 2.45) is 29.4 Å². The first kappa shape index (κ1) is 21.9. The van der Waals surface area contributed by atoms with Crippen LogP contribution in [-0.2, 0) is 0 Å². The molecule has 0 spiro atoms. The molecule has 8 heteroatoms. The third-order valence-corrected chi connectivity index (χ3v) is 6.77. The molecular weight excluding hydrogens is 428 g/mol. The standard InChI is InChI=1S/C24H21ClN4O3/c1-11-16(21-12(2)18(10-27)23(28)29-22(21)17(11)9-26)8-14-4-6-20(32-14)13-3-5-15(24(30)31)19(25)7-13/h3-8,12,17-18,21-23,29H,1,28H2,2H3,(H,30,31). The first-order valence-electron chi connectivity index (χ1n) is 10.1. The monoisotopic (exact) mass is 448 g/mol. The Hall–Kier alpha value is -3.36. The number of hydrogen-bond acceptors (Lipinski definition) is 6. The highest BCUT2D eigenvalue weighted by Gasteiger charge is 2.51. The molecule has 4 rings (SSSR count). The lowest BCUT2D eigenvalue weighted by Gasteiger charge is -2.40. The van der Waals surface area contributed by atoms with Crippen LogP contribution in [0.1, 0.15) is 23.0 Å². The molecule has 0 bridgehead atoms. The summed E-state index contributed by atoms with van der Waals surface area (Å²) in [5.74, 6) is -1.03. The molecule has 4 N–H and O–H groups in total. The molecule has 7 nitrogen and oxygen atoms in total. The number of hydrogen-bond donors (Lipinski definition) is 3. The molecule has 2 fully saturated rings. The Labute approximate surface area is 190 Å². The predicted octanol–water partition coefficient (Wildman–Crippen LogP) is 4.04. The van der Waals surface area contributed by atoms with E-state index in [9.17, 15) is 15.3 Å². The van der Waals surface area contributed by atoms with Gasteiger partial charge in [-0.1, -0.05) is 31.2 Å². The van der Waals surface area contributed by atoms with Crippen molar-refractivity contribution in [3.05, 3.63) is 64.4 Å². The Kier molecular flexibility index (Phi) is 5.66. The van der Waals surface area contributed by atoms with Gasteiger partial charge in [0.25, 0.3) is 0 Å². The lowest BCUT2D eigenvalue weighted by molar-refractivity contribution is 0.0697. The fourth-order valence-electron chi connectivity index (χ4n) is 4.82. The summed E-state index contributed by atoms with van der Waals surface area (Å²) in [6.07, 6.45) is 1.35. The van der Waals surface area contributed by atoms with Crippen molar-refractivity contribution in [1.82, 2.24) is 5.32 Å². The van der Waals surface area contributed by atoms with E-state index in [4.69, 9.17) is 26.9 Å². The van der Waals surface area contributed by atoms with Crippen molar-refractivity contribution in [2.45, 2.75) is 19.1 Å². The summed E-state index contributed by atoms with van der Waals surface area (Å²) in [4.78, 5) is 11.2. The second kappa shape index (κ2) is 8.29. The first-order chi connectivity index (χ1) is 15.3. The number of carboxylic acids is 1. The average molecular weight is 449 g/mol. The molecule has 1 saturated heterocycles. The van der Waals surface area contributed by atoms with Gasteiger partial charge in [0.05, 0.1) is 40.7 Å². The number of nitrogens with one attached hydrogen (secondary N) is 1. The summed E-state index contributed by atoms with van der Waals surface area (Å²) >= 11 is 6.08. The van der Waals surface area contributed by atoms with Gasteiger partial charge in [0, 0.05) is 17.5 Å². The maximum atomic E-state index is 11.2. The molecule has 0 radical (unpaired) electrons. The van der Waals surface area contributed by atoms with Gasteiger partial charge in [-0.15, -0.1) is 0 Å². The molecule has 1 saturated carbocycles. The SMILES string of the molecule is C=C1C(=Cc2ccc(-c3ccc(C(=O)O)c(Cl)c3)o2)C2C(C)C(C#N)C(N)NC2C1C#N. The van der Waals surface area contributed by atoms with Crippen LogP contribution in [-0.4, -0.2) is 23.3 Å². The van der Waals surface area contributed by atoms with Crippen molar-refractivity contribution in [2.75, 3.05) is 0 Å². The number of carboxylic acid groups (broad SMARTS) is 1. The van der Waals surface area contributed by atoms with E-state index in [1.165, 1.54) is 6.07 Å². The smallest absolute Gasteiger partial charge is 0.337 e. The highest BCUT2D eigenvalue weighted by atomic mass is 35.5. The number of aromatic carboxylic acids is 1. The number of nitrogens with zero attached hydrogens (tertiary/aromatic N) is 2. The minimum atomic E-state index is -1.10. The summed E-state index contributed by atoms with van der Waals surface area (Å²) in [5.41, 5.74) is 8.37. The lowest BCUT2D eigenvalue weighted by Crippen LogP contribution is -2.59. The zero-order valence-corrected chi connectivity index (χ0v) is 18.0. The van der Waals surface area contributed by atoms with E-state index in [1.54, 1.807) is 24.3 Å². The second-order valence-electron chi connectivity index (χ2n) is 8.19. The quantitative estimate of drug-likeness (QED) is 0.644. The molecule has 2 aliphatic rings. The Balaban J connectivity index is 1.70. The van der Waals surface area contributed by atoms with Gasteiger partial charge in [0.15, 0.2) is 0 Å². The molecule has 6 unspecified atom stereocenters. The van der Waals surface area contributed by atoms with Crippen LogP contribution in [0, 0.1) is 46.3 Å². The van der Waals surface area contributed by atoms with Gasteiger partial charge in [-0.25, -0.2) is 4.79 Å². The number of halogens is 1. The minimum Gasteiger partial charge on any atom is -0.478 e. The van der Waals surface area contributed by atoms with E-state index in [0.29, 0.717) is 22.7 Å². The number of nitriles is 2. The molecule has 1 aliphatic heterocycles. The Morgan fingerprint density at radius 3 is 2.69 bits per heavy atom. The third-order valence-electron chi connectivity index (χ3n) is 6.45. The predicted molar refractivity (Wildman–Crippen MR) is 119 cm³/mol. The van der Waals surface area contributed by atoms with Gasteiger partial charge in [-0.2, -0.15) is 10.5 Å². The summed E-state index contributed by atoms with van der Waals surface area (Å²) < 4.78 is 5.98. The second-order valence-corrected chi connectivity index (χ2v) is 8.60. The van der Waals surface area contributed by atoms with Crippen LogP contribution in [0.4, 0.5) is 0 Å². The van der Waals surface area contributed by atoms with Crippen molar-refractivity contribution in [3.63, 3.8) is 0 Å². The highest BCUT2D eigenvalue weighted by Crippen LogP contribution is 2.49. The zero-order valence-electron chi connectivity index (χ0n) is 17.2. The van der Waals surface area contributed by atoms with E-state index >= 15 is 0 Å². The van der Waals surface area contributed by atoms with Gasteiger partial charge in [-0.05, 0) is 47.4 Å². The van der Waals surface area contributed by atoms with E-state index < -0.39 is 24.0 Å². The van der Waals surface area contributed by atoms with Gasteiger partial charge in [0.2, 0.25) is 0 Å². The first-order valence-corrected chi connectivity index (χ1v) is 10.5. The zero-order chi connectivity index (χ0) is 23.2. The Morgan fingerprint density at radius 2 is 2.06 bits per heavy atom. The molecule has 2 aromatic rings. The highest BCUT2D eigenvalue weighted by molar-refractivity contribution is 6.33. The molecule has 162 valence electrons. The summed E-state index contributed by atoms with van der Waals surface area (Å²) in [6.45, 7) is 6.13. The normalized spacial score (nSPS) is 30.5. The number of carbonyl (C=O) groups is 1. The molecule has 2 heterocycles.